The second-order valence-electron chi connectivity index (χ2n) is 7.99. The molecule has 5 nitrogen and oxygen atoms in total. The molecular weight excluding hydrogens is 412 g/mol. The van der Waals surface area contributed by atoms with E-state index in [-0.39, 0.29) is 24.5 Å². The first-order chi connectivity index (χ1) is 15.1. The highest BCUT2D eigenvalue weighted by molar-refractivity contribution is 6.32. The second kappa shape index (κ2) is 11.8. The van der Waals surface area contributed by atoms with E-state index >= 15 is 0 Å². The molecule has 0 unspecified atom stereocenters. The van der Waals surface area contributed by atoms with E-state index in [1.54, 1.807) is 29.2 Å². The normalized spacial score (nSPS) is 15.2. The first kappa shape index (κ1) is 23.1. The van der Waals surface area contributed by atoms with Crippen molar-refractivity contribution >= 4 is 23.4 Å². The lowest BCUT2D eigenvalue weighted by Crippen LogP contribution is -2.52. The van der Waals surface area contributed by atoms with Gasteiger partial charge in [0.2, 0.25) is 5.91 Å². The number of carbonyl (C=O) groups excluding carboxylic acids is 2. The minimum absolute atomic E-state index is 0.0866. The molecule has 0 aliphatic heterocycles. The summed E-state index contributed by atoms with van der Waals surface area (Å²) in [4.78, 5) is 28.0. The highest BCUT2D eigenvalue weighted by Crippen LogP contribution is 2.23. The van der Waals surface area contributed by atoms with Gasteiger partial charge in [0.25, 0.3) is 5.91 Å². The minimum atomic E-state index is -0.551. The largest absolute Gasteiger partial charge is 0.482 e. The third-order valence-electron chi connectivity index (χ3n) is 5.72. The molecule has 2 aromatic rings. The number of ether oxygens (including phenoxy) is 1. The first-order valence-corrected chi connectivity index (χ1v) is 11.5. The van der Waals surface area contributed by atoms with Crippen molar-refractivity contribution in [3.63, 3.8) is 0 Å². The van der Waals surface area contributed by atoms with Crippen molar-refractivity contribution in [1.82, 2.24) is 10.2 Å². The topological polar surface area (TPSA) is 58.6 Å². The lowest BCUT2D eigenvalue weighted by Gasteiger charge is -2.32. The highest BCUT2D eigenvalue weighted by Gasteiger charge is 2.30. The van der Waals surface area contributed by atoms with E-state index in [1.165, 1.54) is 6.42 Å². The fourth-order valence-corrected chi connectivity index (χ4v) is 4.22. The van der Waals surface area contributed by atoms with Crippen LogP contribution in [0.15, 0.2) is 54.6 Å². The molecule has 1 N–H and O–H groups in total. The predicted octanol–water partition coefficient (Wildman–Crippen LogP) is 4.98. The molecule has 6 heteroatoms. The third-order valence-corrected chi connectivity index (χ3v) is 6.03. The zero-order valence-corrected chi connectivity index (χ0v) is 18.8. The molecular formula is C25H31ClN2O3. The van der Waals surface area contributed by atoms with Crippen LogP contribution in [-0.4, -0.2) is 35.4 Å². The zero-order chi connectivity index (χ0) is 22.1. The number of amides is 2. The van der Waals surface area contributed by atoms with Gasteiger partial charge < -0.3 is 15.0 Å². The average Bonchev–Trinajstić information content (AvgIpc) is 2.79. The molecule has 0 heterocycles. The Morgan fingerprint density at radius 1 is 1.06 bits per heavy atom. The van der Waals surface area contributed by atoms with Crippen LogP contribution >= 0.6 is 11.6 Å². The Hall–Kier alpha value is -2.53. The van der Waals surface area contributed by atoms with Crippen LogP contribution in [0.25, 0.3) is 0 Å². The summed E-state index contributed by atoms with van der Waals surface area (Å²) in [5.41, 5.74) is 0.970. The maximum atomic E-state index is 13.2. The van der Waals surface area contributed by atoms with E-state index in [4.69, 9.17) is 16.3 Å². The Morgan fingerprint density at radius 3 is 2.42 bits per heavy atom. The van der Waals surface area contributed by atoms with Gasteiger partial charge in [0.1, 0.15) is 11.8 Å². The molecule has 1 fully saturated rings. The molecule has 0 spiro atoms. The maximum Gasteiger partial charge on any atom is 0.261 e. The van der Waals surface area contributed by atoms with Gasteiger partial charge in [0.05, 0.1) is 5.02 Å². The highest BCUT2D eigenvalue weighted by atomic mass is 35.5. The van der Waals surface area contributed by atoms with Crippen LogP contribution in [-0.2, 0) is 16.1 Å². The van der Waals surface area contributed by atoms with Crippen LogP contribution in [0.1, 0.15) is 51.0 Å². The molecule has 2 amide bonds. The van der Waals surface area contributed by atoms with E-state index < -0.39 is 6.04 Å². The lowest BCUT2D eigenvalue weighted by molar-refractivity contribution is -0.143. The lowest BCUT2D eigenvalue weighted by atomic mass is 9.95. The van der Waals surface area contributed by atoms with Gasteiger partial charge in [0, 0.05) is 12.6 Å². The Kier molecular flexibility index (Phi) is 8.77. The Bertz CT molecular complexity index is 853. The van der Waals surface area contributed by atoms with E-state index in [0.717, 1.165) is 31.2 Å². The predicted molar refractivity (Wildman–Crippen MR) is 123 cm³/mol. The Balaban J connectivity index is 1.73. The maximum absolute atomic E-state index is 13.2. The molecule has 0 bridgehead atoms. The molecule has 0 radical (unpaired) electrons. The number of carbonyl (C=O) groups is 2. The van der Waals surface area contributed by atoms with Gasteiger partial charge in [-0.05, 0) is 37.0 Å². The first-order valence-electron chi connectivity index (χ1n) is 11.1. The van der Waals surface area contributed by atoms with Crippen LogP contribution in [0.4, 0.5) is 0 Å². The molecule has 166 valence electrons. The molecule has 1 aliphatic carbocycles. The van der Waals surface area contributed by atoms with E-state index in [1.807, 2.05) is 37.3 Å². The van der Waals surface area contributed by atoms with Crippen LogP contribution in [0.3, 0.4) is 0 Å². The van der Waals surface area contributed by atoms with Crippen LogP contribution in [0.5, 0.6) is 5.75 Å². The summed E-state index contributed by atoms with van der Waals surface area (Å²) >= 11 is 6.15. The van der Waals surface area contributed by atoms with Gasteiger partial charge in [-0.25, -0.2) is 0 Å². The summed E-state index contributed by atoms with van der Waals surface area (Å²) in [6.07, 6.45) is 6.04. The number of hydrogen-bond donors (Lipinski definition) is 1. The molecule has 0 saturated heterocycles. The third kappa shape index (κ3) is 6.73. The fraction of sp³-hybridized carbons (Fsp3) is 0.440. The van der Waals surface area contributed by atoms with Crippen molar-refractivity contribution in [1.29, 1.82) is 0 Å². The molecule has 3 rings (SSSR count). The van der Waals surface area contributed by atoms with Crippen molar-refractivity contribution in [2.24, 2.45) is 0 Å². The van der Waals surface area contributed by atoms with Crippen molar-refractivity contribution < 1.29 is 14.3 Å². The van der Waals surface area contributed by atoms with Crippen LogP contribution in [0, 0.1) is 0 Å². The summed E-state index contributed by atoms with van der Waals surface area (Å²) in [7, 11) is 0. The molecule has 31 heavy (non-hydrogen) atoms. The quantitative estimate of drug-likeness (QED) is 0.596. The molecule has 2 aromatic carbocycles. The summed E-state index contributed by atoms with van der Waals surface area (Å²) in [6, 6.07) is 16.4. The number of halogens is 1. The van der Waals surface area contributed by atoms with E-state index in [9.17, 15) is 9.59 Å². The van der Waals surface area contributed by atoms with Crippen LogP contribution < -0.4 is 10.1 Å². The average molecular weight is 443 g/mol. The number of nitrogens with one attached hydrogen (secondary N) is 1. The van der Waals surface area contributed by atoms with E-state index in [0.29, 0.717) is 23.7 Å². The van der Waals surface area contributed by atoms with Crippen molar-refractivity contribution in [2.75, 3.05) is 6.61 Å². The Labute approximate surface area is 189 Å². The van der Waals surface area contributed by atoms with Crippen molar-refractivity contribution in [3.05, 3.63) is 65.2 Å². The van der Waals surface area contributed by atoms with Gasteiger partial charge >= 0.3 is 0 Å². The van der Waals surface area contributed by atoms with Crippen molar-refractivity contribution in [3.8, 4) is 5.75 Å². The van der Waals surface area contributed by atoms with Gasteiger partial charge in [-0.2, -0.15) is 0 Å². The number of hydrogen-bond acceptors (Lipinski definition) is 3. The van der Waals surface area contributed by atoms with Crippen LogP contribution in [0.2, 0.25) is 5.02 Å². The second-order valence-corrected chi connectivity index (χ2v) is 8.40. The summed E-state index contributed by atoms with van der Waals surface area (Å²) in [6.45, 7) is 2.11. The monoisotopic (exact) mass is 442 g/mol. The minimum Gasteiger partial charge on any atom is -0.482 e. The molecule has 1 saturated carbocycles. The zero-order valence-electron chi connectivity index (χ0n) is 18.1. The number of para-hydroxylation sites is 1. The standard InChI is InChI=1S/C25H31ClN2O3/c1-2-22(25(30)27-20-13-7-4-8-14-20)28(17-19-11-5-3-6-12-19)24(29)18-31-23-16-10-9-15-21(23)26/h3,5-6,9-12,15-16,20,22H,2,4,7-8,13-14,17-18H2,1H3,(H,27,30)/t22-/m1/s1. The Morgan fingerprint density at radius 2 is 1.74 bits per heavy atom. The smallest absolute Gasteiger partial charge is 0.261 e. The number of nitrogens with zero attached hydrogens (tertiary/aromatic N) is 1. The van der Waals surface area contributed by atoms with Gasteiger partial charge in [-0.3, -0.25) is 9.59 Å². The molecule has 0 aromatic heterocycles. The van der Waals surface area contributed by atoms with Gasteiger partial charge in [-0.1, -0.05) is 80.3 Å². The molecule has 1 atom stereocenters. The van der Waals surface area contributed by atoms with Crippen molar-refractivity contribution in [2.45, 2.75) is 64.1 Å². The number of benzene rings is 2. The molecule has 1 aliphatic rings. The summed E-state index contributed by atoms with van der Waals surface area (Å²) in [5, 5.41) is 3.63. The summed E-state index contributed by atoms with van der Waals surface area (Å²) < 4.78 is 5.69. The van der Waals surface area contributed by atoms with Gasteiger partial charge in [-0.15, -0.1) is 0 Å². The SMILES string of the molecule is CC[C@H](C(=O)NC1CCCCC1)N(Cc1ccccc1)C(=O)COc1ccccc1Cl. The summed E-state index contributed by atoms with van der Waals surface area (Å²) in [5.74, 6) is 0.128. The fourth-order valence-electron chi connectivity index (χ4n) is 4.03. The van der Waals surface area contributed by atoms with E-state index in [2.05, 4.69) is 5.32 Å². The number of rotatable bonds is 9. The van der Waals surface area contributed by atoms with Gasteiger partial charge in [0.15, 0.2) is 6.61 Å².